The van der Waals surface area contributed by atoms with Gasteiger partial charge in [-0.25, -0.2) is 0 Å². The van der Waals surface area contributed by atoms with Gasteiger partial charge >= 0.3 is 0 Å². The van der Waals surface area contributed by atoms with E-state index in [2.05, 4.69) is 17.6 Å². The molecular formula is C23H30O3. The zero-order chi connectivity index (χ0) is 19.6. The summed E-state index contributed by atoms with van der Waals surface area (Å²) in [4.78, 5) is 0. The standard InChI is InChI=1S/C23H30O3/c1-19(21(24)18-26-17-20-11-7-6-8-12-20)13-16-23(5,25)15-10-9-14-22(2,3)4/h6-8,10-12,15-16,21,24-25H,17-18H2,1-5H3/b15-10+. The van der Waals surface area contributed by atoms with Gasteiger partial charge < -0.3 is 14.9 Å². The van der Waals surface area contributed by atoms with Gasteiger partial charge in [0, 0.05) is 5.41 Å². The first-order valence-electron chi connectivity index (χ1n) is 8.76. The van der Waals surface area contributed by atoms with Crippen molar-refractivity contribution >= 4 is 0 Å². The Balaban J connectivity index is 2.59. The van der Waals surface area contributed by atoms with Crippen molar-refractivity contribution in [3.63, 3.8) is 0 Å². The van der Waals surface area contributed by atoms with E-state index in [1.165, 1.54) is 6.08 Å². The van der Waals surface area contributed by atoms with Crippen molar-refractivity contribution in [2.45, 2.75) is 52.9 Å². The molecule has 0 aliphatic heterocycles. The molecule has 1 aromatic carbocycles. The molecule has 26 heavy (non-hydrogen) atoms. The number of benzene rings is 1. The van der Waals surface area contributed by atoms with Crippen LogP contribution in [0.25, 0.3) is 0 Å². The lowest BCUT2D eigenvalue weighted by molar-refractivity contribution is 0.0454. The summed E-state index contributed by atoms with van der Waals surface area (Å²) in [6, 6.07) is 9.79. The SMILES string of the molecule is CC(=C=CC(C)(O)/C=C/C#CC(C)(C)C)C(O)COCc1ccccc1. The van der Waals surface area contributed by atoms with Gasteiger partial charge in [0.15, 0.2) is 0 Å². The Morgan fingerprint density at radius 2 is 1.85 bits per heavy atom. The van der Waals surface area contributed by atoms with Crippen LogP contribution in [0.4, 0.5) is 0 Å². The Hall–Kier alpha value is -2.08. The molecule has 0 aliphatic rings. The highest BCUT2D eigenvalue weighted by Crippen LogP contribution is 2.11. The second-order valence-electron chi connectivity index (χ2n) is 7.57. The molecule has 0 bridgehead atoms. The number of ether oxygens (including phenoxy) is 1. The molecule has 0 aromatic heterocycles. The zero-order valence-corrected chi connectivity index (χ0v) is 16.4. The average molecular weight is 354 g/mol. The Morgan fingerprint density at radius 1 is 1.19 bits per heavy atom. The van der Waals surface area contributed by atoms with Crippen LogP contribution in [0.15, 0.2) is 59.9 Å². The third kappa shape index (κ3) is 10.0. The summed E-state index contributed by atoms with van der Waals surface area (Å²) in [6.07, 6.45) is 3.98. The van der Waals surface area contributed by atoms with E-state index in [1.54, 1.807) is 26.0 Å². The van der Waals surface area contributed by atoms with Gasteiger partial charge in [-0.3, -0.25) is 0 Å². The molecule has 1 rings (SSSR count). The summed E-state index contributed by atoms with van der Waals surface area (Å²) in [6.45, 7) is 10.1. The summed E-state index contributed by atoms with van der Waals surface area (Å²) in [5.41, 5.74) is 3.34. The lowest BCUT2D eigenvalue weighted by Crippen LogP contribution is -2.18. The second kappa shape index (κ2) is 10.2. The minimum Gasteiger partial charge on any atom is -0.386 e. The van der Waals surface area contributed by atoms with E-state index in [4.69, 9.17) is 4.74 Å². The molecule has 0 saturated heterocycles. The molecule has 0 spiro atoms. The van der Waals surface area contributed by atoms with Crippen molar-refractivity contribution in [2.75, 3.05) is 6.61 Å². The number of aliphatic hydroxyl groups is 2. The molecule has 1 aromatic rings. The highest BCUT2D eigenvalue weighted by atomic mass is 16.5. The smallest absolute Gasteiger partial charge is 0.106 e. The molecule has 3 heteroatoms. The van der Waals surface area contributed by atoms with Gasteiger partial charge in [0.1, 0.15) is 11.7 Å². The Kier molecular flexibility index (Phi) is 8.58. The maximum atomic E-state index is 10.3. The van der Waals surface area contributed by atoms with Crippen molar-refractivity contribution in [1.82, 2.24) is 0 Å². The Bertz CT molecular complexity index is 703. The van der Waals surface area contributed by atoms with Crippen LogP contribution in [-0.2, 0) is 11.3 Å². The van der Waals surface area contributed by atoms with Crippen LogP contribution in [-0.4, -0.2) is 28.5 Å². The average Bonchev–Trinajstić information content (AvgIpc) is 2.57. The van der Waals surface area contributed by atoms with E-state index >= 15 is 0 Å². The number of allylic oxidation sites excluding steroid dienone is 1. The molecule has 3 nitrogen and oxygen atoms in total. The third-order valence-electron chi connectivity index (χ3n) is 3.43. The minimum absolute atomic E-state index is 0.0770. The summed E-state index contributed by atoms with van der Waals surface area (Å²) in [7, 11) is 0. The van der Waals surface area contributed by atoms with Crippen LogP contribution in [0, 0.1) is 17.3 Å². The van der Waals surface area contributed by atoms with Crippen molar-refractivity contribution in [1.29, 1.82) is 0 Å². The quantitative estimate of drug-likeness (QED) is 0.574. The minimum atomic E-state index is -1.18. The van der Waals surface area contributed by atoms with E-state index in [-0.39, 0.29) is 12.0 Å². The first kappa shape index (κ1) is 22.0. The first-order valence-corrected chi connectivity index (χ1v) is 8.76. The fourth-order valence-electron chi connectivity index (χ4n) is 1.86. The summed E-state index contributed by atoms with van der Waals surface area (Å²) < 4.78 is 5.53. The highest BCUT2D eigenvalue weighted by molar-refractivity contribution is 5.24. The summed E-state index contributed by atoms with van der Waals surface area (Å²) in [5, 5.41) is 20.4. The van der Waals surface area contributed by atoms with E-state index < -0.39 is 11.7 Å². The highest BCUT2D eigenvalue weighted by Gasteiger charge is 2.12. The van der Waals surface area contributed by atoms with Crippen LogP contribution >= 0.6 is 0 Å². The summed E-state index contributed by atoms with van der Waals surface area (Å²) >= 11 is 0. The molecule has 0 radical (unpaired) electrons. The zero-order valence-electron chi connectivity index (χ0n) is 16.4. The monoisotopic (exact) mass is 354 g/mol. The lowest BCUT2D eigenvalue weighted by atomic mass is 9.98. The maximum absolute atomic E-state index is 10.3. The molecule has 0 aliphatic carbocycles. The lowest BCUT2D eigenvalue weighted by Gasteiger charge is -2.13. The van der Waals surface area contributed by atoms with E-state index in [1.807, 2.05) is 51.1 Å². The molecule has 0 saturated carbocycles. The molecule has 2 N–H and O–H groups in total. The third-order valence-corrected chi connectivity index (χ3v) is 3.43. The van der Waals surface area contributed by atoms with Gasteiger partial charge in [0.2, 0.25) is 0 Å². The first-order chi connectivity index (χ1) is 12.1. The fraction of sp³-hybridized carbons (Fsp3) is 0.435. The molecule has 2 unspecified atom stereocenters. The summed E-state index contributed by atoms with van der Waals surface area (Å²) in [5.74, 6) is 5.99. The largest absolute Gasteiger partial charge is 0.386 e. The van der Waals surface area contributed by atoms with E-state index in [0.29, 0.717) is 12.2 Å². The second-order valence-corrected chi connectivity index (χ2v) is 7.57. The molecule has 140 valence electrons. The van der Waals surface area contributed by atoms with Gasteiger partial charge in [-0.15, -0.1) is 5.73 Å². The molecule has 0 fully saturated rings. The van der Waals surface area contributed by atoms with Crippen molar-refractivity contribution in [2.24, 2.45) is 5.41 Å². The molecule has 0 amide bonds. The van der Waals surface area contributed by atoms with Crippen LogP contribution in [0.3, 0.4) is 0 Å². The van der Waals surface area contributed by atoms with Gasteiger partial charge in [-0.2, -0.15) is 0 Å². The molecule has 0 heterocycles. The van der Waals surface area contributed by atoms with Crippen LogP contribution in [0.5, 0.6) is 0 Å². The number of hydrogen-bond acceptors (Lipinski definition) is 3. The van der Waals surface area contributed by atoms with Crippen LogP contribution < -0.4 is 0 Å². The number of hydrogen-bond donors (Lipinski definition) is 2. The Labute approximate surface area is 157 Å². The van der Waals surface area contributed by atoms with Gasteiger partial charge in [0.25, 0.3) is 0 Å². The van der Waals surface area contributed by atoms with Crippen LogP contribution in [0.2, 0.25) is 0 Å². The van der Waals surface area contributed by atoms with Crippen molar-refractivity contribution in [3.05, 3.63) is 65.4 Å². The van der Waals surface area contributed by atoms with E-state index in [0.717, 1.165) is 5.56 Å². The Morgan fingerprint density at radius 3 is 2.46 bits per heavy atom. The van der Waals surface area contributed by atoms with E-state index in [9.17, 15) is 10.2 Å². The fourth-order valence-corrected chi connectivity index (χ4v) is 1.86. The van der Waals surface area contributed by atoms with Crippen molar-refractivity contribution in [3.8, 4) is 11.8 Å². The number of rotatable bonds is 7. The predicted molar refractivity (Wildman–Crippen MR) is 106 cm³/mol. The van der Waals surface area contributed by atoms with Gasteiger partial charge in [-0.05, 0) is 64.0 Å². The molecule has 2 atom stereocenters. The predicted octanol–water partition coefficient (Wildman–Crippen LogP) is 4.02. The van der Waals surface area contributed by atoms with Crippen molar-refractivity contribution < 1.29 is 14.9 Å². The normalized spacial score (nSPS) is 14.7. The maximum Gasteiger partial charge on any atom is 0.106 e. The molecular weight excluding hydrogens is 324 g/mol. The topological polar surface area (TPSA) is 49.7 Å². The number of aliphatic hydroxyl groups excluding tert-OH is 1. The van der Waals surface area contributed by atoms with Gasteiger partial charge in [0.05, 0.1) is 13.2 Å². The van der Waals surface area contributed by atoms with Gasteiger partial charge in [-0.1, -0.05) is 42.2 Å². The van der Waals surface area contributed by atoms with Crippen LogP contribution in [0.1, 0.15) is 40.2 Å².